The highest BCUT2D eigenvalue weighted by molar-refractivity contribution is 5.97. The number of rotatable bonds is 2. The van der Waals surface area contributed by atoms with Crippen LogP contribution in [0.4, 0.5) is 24.8 Å². The largest absolute Gasteiger partial charge is 0.433 e. The third-order valence-corrected chi connectivity index (χ3v) is 3.61. The Kier molecular flexibility index (Phi) is 4.22. The van der Waals surface area contributed by atoms with E-state index in [-0.39, 0.29) is 30.4 Å². The number of aromatic nitrogens is 3. The second-order valence-electron chi connectivity index (χ2n) is 5.22. The number of piperazine rings is 1. The number of carbonyl (C=O) groups excluding carboxylic acids is 1. The minimum atomic E-state index is -4.58. The van der Waals surface area contributed by atoms with Crippen LogP contribution in [0.3, 0.4) is 0 Å². The van der Waals surface area contributed by atoms with Crippen LogP contribution in [0.5, 0.6) is 0 Å². The number of alkyl halides is 3. The summed E-state index contributed by atoms with van der Waals surface area (Å²) in [5.74, 6) is -0.158. The van der Waals surface area contributed by atoms with Gasteiger partial charge in [-0.2, -0.15) is 18.4 Å². The minimum absolute atomic E-state index is 0.0987. The second-order valence-corrected chi connectivity index (χ2v) is 5.22. The Morgan fingerprint density at radius 1 is 1.16 bits per heavy atom. The first-order valence-corrected chi connectivity index (χ1v) is 7.20. The number of amides is 1. The van der Waals surface area contributed by atoms with E-state index in [9.17, 15) is 18.0 Å². The van der Waals surface area contributed by atoms with Crippen LogP contribution in [-0.4, -0.2) is 40.5 Å². The quantitative estimate of drug-likeness (QED) is 0.820. The third-order valence-electron chi connectivity index (χ3n) is 3.61. The summed E-state index contributed by atoms with van der Waals surface area (Å²) in [7, 11) is 0. The van der Waals surface area contributed by atoms with Gasteiger partial charge in [-0.3, -0.25) is 9.78 Å². The molecule has 3 heterocycles. The van der Waals surface area contributed by atoms with Crippen molar-refractivity contribution in [1.29, 1.82) is 5.26 Å². The highest BCUT2D eigenvalue weighted by Crippen LogP contribution is 2.30. The summed E-state index contributed by atoms with van der Waals surface area (Å²) in [4.78, 5) is 26.5. The van der Waals surface area contributed by atoms with Gasteiger partial charge < -0.3 is 9.80 Å². The van der Waals surface area contributed by atoms with Gasteiger partial charge in [0.15, 0.2) is 0 Å². The molecule has 1 saturated heterocycles. The van der Waals surface area contributed by atoms with Gasteiger partial charge in [0.1, 0.15) is 24.0 Å². The Morgan fingerprint density at radius 2 is 1.92 bits per heavy atom. The monoisotopic (exact) mass is 348 g/mol. The van der Waals surface area contributed by atoms with Crippen LogP contribution in [0, 0.1) is 11.3 Å². The highest BCUT2D eigenvalue weighted by Gasteiger charge is 2.34. The van der Waals surface area contributed by atoms with E-state index in [0.29, 0.717) is 6.54 Å². The van der Waals surface area contributed by atoms with Crippen LogP contribution >= 0.6 is 0 Å². The van der Waals surface area contributed by atoms with Crippen LogP contribution in [0.1, 0.15) is 11.4 Å². The van der Waals surface area contributed by atoms with Crippen molar-refractivity contribution in [2.75, 3.05) is 29.4 Å². The number of anilines is 2. The van der Waals surface area contributed by atoms with Crippen molar-refractivity contribution in [3.8, 4) is 6.07 Å². The summed E-state index contributed by atoms with van der Waals surface area (Å²) >= 11 is 0. The maximum absolute atomic E-state index is 12.8. The van der Waals surface area contributed by atoms with Gasteiger partial charge in [0, 0.05) is 31.2 Å². The average Bonchev–Trinajstić information content (AvgIpc) is 2.61. The van der Waals surface area contributed by atoms with Gasteiger partial charge in [0.2, 0.25) is 11.9 Å². The van der Waals surface area contributed by atoms with E-state index >= 15 is 0 Å². The molecule has 25 heavy (non-hydrogen) atoms. The van der Waals surface area contributed by atoms with Gasteiger partial charge in [0.05, 0.1) is 0 Å². The number of nitrogens with zero attached hydrogens (tertiary/aromatic N) is 6. The molecule has 3 rings (SSSR count). The summed E-state index contributed by atoms with van der Waals surface area (Å²) in [6.45, 7) is 0.392. The minimum Gasteiger partial charge on any atom is -0.330 e. The van der Waals surface area contributed by atoms with Crippen molar-refractivity contribution >= 4 is 17.5 Å². The lowest BCUT2D eigenvalue weighted by atomic mass is 10.2. The summed E-state index contributed by atoms with van der Waals surface area (Å²) in [5, 5.41) is 8.86. The first-order chi connectivity index (χ1) is 11.9. The smallest absolute Gasteiger partial charge is 0.330 e. The van der Waals surface area contributed by atoms with Crippen molar-refractivity contribution in [3.63, 3.8) is 0 Å². The number of nitriles is 1. The van der Waals surface area contributed by atoms with Crippen molar-refractivity contribution in [2.24, 2.45) is 0 Å². The van der Waals surface area contributed by atoms with Gasteiger partial charge in [0.25, 0.3) is 0 Å². The molecule has 0 radical (unpaired) electrons. The van der Waals surface area contributed by atoms with Gasteiger partial charge in [-0.05, 0) is 18.2 Å². The summed E-state index contributed by atoms with van der Waals surface area (Å²) in [6, 6.07) is 5.53. The van der Waals surface area contributed by atoms with Gasteiger partial charge in [-0.1, -0.05) is 0 Å². The molecular formula is C15H11F3N6O. The molecule has 0 bridgehead atoms. The third kappa shape index (κ3) is 3.50. The molecule has 2 aromatic heterocycles. The fourth-order valence-electron chi connectivity index (χ4n) is 2.42. The number of pyridine rings is 1. The number of hydrogen-bond acceptors (Lipinski definition) is 6. The predicted molar refractivity (Wildman–Crippen MR) is 80.6 cm³/mol. The second kappa shape index (κ2) is 6.35. The van der Waals surface area contributed by atoms with Gasteiger partial charge >= 0.3 is 6.18 Å². The van der Waals surface area contributed by atoms with Crippen LogP contribution in [0.25, 0.3) is 0 Å². The maximum Gasteiger partial charge on any atom is 0.433 e. The number of halogens is 3. The molecule has 7 nitrogen and oxygen atoms in total. The molecule has 1 amide bonds. The molecule has 1 fully saturated rings. The molecule has 0 spiro atoms. The SMILES string of the molecule is N#Cc1ccnc(N2CCN(c3ccnc(C(F)(F)F)c3)C(=O)C2)n1. The lowest BCUT2D eigenvalue weighted by Gasteiger charge is -2.34. The van der Waals surface area contributed by atoms with Crippen LogP contribution in [-0.2, 0) is 11.0 Å². The van der Waals surface area contributed by atoms with E-state index in [1.165, 1.54) is 23.2 Å². The first-order valence-electron chi connectivity index (χ1n) is 7.20. The fraction of sp³-hybridized carbons (Fsp3) is 0.267. The number of carbonyl (C=O) groups is 1. The number of hydrogen-bond donors (Lipinski definition) is 0. The van der Waals surface area contributed by atoms with Crippen LogP contribution < -0.4 is 9.80 Å². The van der Waals surface area contributed by atoms with E-state index in [1.54, 1.807) is 4.90 Å². The molecule has 0 atom stereocenters. The zero-order valence-electron chi connectivity index (χ0n) is 12.7. The molecule has 2 aromatic rings. The van der Waals surface area contributed by atoms with Gasteiger partial charge in [-0.15, -0.1) is 0 Å². The normalized spacial score (nSPS) is 15.2. The fourth-order valence-corrected chi connectivity index (χ4v) is 2.42. The van der Waals surface area contributed by atoms with Crippen LogP contribution in [0.15, 0.2) is 30.6 Å². The standard InChI is InChI=1S/C15H11F3N6O/c16-15(17,18)12-7-11(2-4-20-12)24-6-5-23(9-13(24)25)14-21-3-1-10(8-19)22-14/h1-4,7H,5-6,9H2. The van der Waals surface area contributed by atoms with Crippen molar-refractivity contribution in [1.82, 2.24) is 15.0 Å². The first kappa shape index (κ1) is 16.6. The highest BCUT2D eigenvalue weighted by atomic mass is 19.4. The summed E-state index contributed by atoms with van der Waals surface area (Å²) in [6.07, 6.45) is -2.14. The molecule has 128 valence electrons. The van der Waals surface area contributed by atoms with Crippen molar-refractivity contribution in [2.45, 2.75) is 6.18 Å². The molecular weight excluding hydrogens is 337 g/mol. The Bertz CT molecular complexity index is 848. The molecule has 1 aliphatic rings. The zero-order valence-corrected chi connectivity index (χ0v) is 12.7. The molecule has 10 heteroatoms. The van der Waals surface area contributed by atoms with Crippen LogP contribution in [0.2, 0.25) is 0 Å². The Labute approximate surface area is 140 Å². The van der Waals surface area contributed by atoms with Crippen molar-refractivity contribution < 1.29 is 18.0 Å². The predicted octanol–water partition coefficient (Wildman–Crippen LogP) is 1.62. The van der Waals surface area contributed by atoms with E-state index < -0.39 is 17.8 Å². The molecule has 0 aromatic carbocycles. The molecule has 0 unspecified atom stereocenters. The summed E-state index contributed by atoms with van der Waals surface area (Å²) in [5.41, 5.74) is -0.743. The molecule has 0 saturated carbocycles. The zero-order chi connectivity index (χ0) is 18.0. The maximum atomic E-state index is 12.8. The summed E-state index contributed by atoms with van der Waals surface area (Å²) < 4.78 is 38.3. The van der Waals surface area contributed by atoms with Crippen molar-refractivity contribution in [3.05, 3.63) is 42.0 Å². The Balaban J connectivity index is 1.78. The average molecular weight is 348 g/mol. The van der Waals surface area contributed by atoms with Gasteiger partial charge in [-0.25, -0.2) is 9.97 Å². The lowest BCUT2D eigenvalue weighted by Crippen LogP contribution is -2.51. The van der Waals surface area contributed by atoms with E-state index in [0.717, 1.165) is 12.3 Å². The molecule has 0 aliphatic carbocycles. The molecule has 0 N–H and O–H groups in total. The Morgan fingerprint density at radius 3 is 2.60 bits per heavy atom. The van der Waals surface area contributed by atoms with E-state index in [1.807, 2.05) is 6.07 Å². The lowest BCUT2D eigenvalue weighted by molar-refractivity contribution is -0.141. The molecule has 1 aliphatic heterocycles. The van der Waals surface area contributed by atoms with E-state index in [4.69, 9.17) is 5.26 Å². The Hall–Kier alpha value is -3.22. The van der Waals surface area contributed by atoms with E-state index in [2.05, 4.69) is 15.0 Å². The topological polar surface area (TPSA) is 86.0 Å².